The highest BCUT2D eigenvalue weighted by atomic mass is 16.8. The second-order valence-electron chi connectivity index (χ2n) is 7.85. The summed E-state index contributed by atoms with van der Waals surface area (Å²) in [4.78, 5) is 0. The molecule has 3 heterocycles. The summed E-state index contributed by atoms with van der Waals surface area (Å²) in [7, 11) is 0. The third kappa shape index (κ3) is 2.71. The summed E-state index contributed by atoms with van der Waals surface area (Å²) >= 11 is 0. The van der Waals surface area contributed by atoms with Gasteiger partial charge in [-0.05, 0) is 58.8 Å². The van der Waals surface area contributed by atoms with Gasteiger partial charge in [0, 0.05) is 17.3 Å². The first-order valence-corrected chi connectivity index (χ1v) is 8.20. The molecule has 0 aliphatic carbocycles. The molecule has 0 aromatic rings. The van der Waals surface area contributed by atoms with Gasteiger partial charge < -0.3 is 25.7 Å². The molecular weight excluding hydrogens is 292 g/mol. The molecule has 3 aliphatic heterocycles. The van der Waals surface area contributed by atoms with E-state index >= 15 is 0 Å². The quantitative estimate of drug-likeness (QED) is 0.780. The van der Waals surface area contributed by atoms with E-state index in [1.54, 1.807) is 12.2 Å². The molecule has 23 heavy (non-hydrogen) atoms. The molecule has 0 aromatic heterocycles. The molecule has 3 aliphatic rings. The standard InChI is InChI=1S/C18H28N2O3/c1-6-12(19)7-8-13(20)11-9-17(4)14-15(18(5,10-11)23-17)22-16(2,3)21-14/h6-8,11,14-15H,1,9-10,19-20H2,2-5H3/b12-7+,13-8-/t11?,14-,15+,17+,18-. The van der Waals surface area contributed by atoms with E-state index in [1.165, 1.54) is 0 Å². The molecule has 1 unspecified atom stereocenters. The number of hydrogen-bond acceptors (Lipinski definition) is 5. The van der Waals surface area contributed by atoms with Gasteiger partial charge in [-0.25, -0.2) is 0 Å². The van der Waals surface area contributed by atoms with Crippen LogP contribution in [0.2, 0.25) is 0 Å². The summed E-state index contributed by atoms with van der Waals surface area (Å²) in [5.74, 6) is -0.342. The Balaban J connectivity index is 1.86. The van der Waals surface area contributed by atoms with Crippen LogP contribution in [0.25, 0.3) is 0 Å². The molecule has 5 atom stereocenters. The van der Waals surface area contributed by atoms with Crippen LogP contribution in [0.3, 0.4) is 0 Å². The van der Waals surface area contributed by atoms with E-state index in [4.69, 9.17) is 25.7 Å². The van der Waals surface area contributed by atoms with Crippen molar-refractivity contribution in [2.45, 2.75) is 69.7 Å². The van der Waals surface area contributed by atoms with E-state index in [0.29, 0.717) is 5.70 Å². The predicted molar refractivity (Wildman–Crippen MR) is 89.2 cm³/mol. The van der Waals surface area contributed by atoms with Gasteiger partial charge in [0.15, 0.2) is 5.79 Å². The lowest BCUT2D eigenvalue weighted by molar-refractivity contribution is -0.245. The van der Waals surface area contributed by atoms with Crippen molar-refractivity contribution in [1.82, 2.24) is 0 Å². The predicted octanol–water partition coefficient (Wildman–Crippen LogP) is 2.34. The normalized spacial score (nSPS) is 45.8. The third-order valence-corrected chi connectivity index (χ3v) is 5.25. The van der Waals surface area contributed by atoms with Gasteiger partial charge in [0.05, 0.1) is 11.2 Å². The summed E-state index contributed by atoms with van der Waals surface area (Å²) in [6.45, 7) is 11.8. The lowest BCUT2D eigenvalue weighted by Gasteiger charge is -2.43. The fourth-order valence-electron chi connectivity index (χ4n) is 4.30. The molecule has 0 saturated carbocycles. The number of ether oxygens (including phenoxy) is 3. The smallest absolute Gasteiger partial charge is 0.164 e. The molecule has 3 saturated heterocycles. The molecule has 0 spiro atoms. The Morgan fingerprint density at radius 3 is 2.00 bits per heavy atom. The number of rotatable bonds is 3. The van der Waals surface area contributed by atoms with E-state index < -0.39 is 5.79 Å². The molecule has 5 nitrogen and oxygen atoms in total. The zero-order valence-electron chi connectivity index (χ0n) is 14.5. The van der Waals surface area contributed by atoms with Gasteiger partial charge in [0.2, 0.25) is 0 Å². The second kappa shape index (κ2) is 5.10. The number of fused-ring (bicyclic) bond motifs is 5. The summed E-state index contributed by atoms with van der Waals surface area (Å²) in [6, 6.07) is 0. The Morgan fingerprint density at radius 1 is 1.00 bits per heavy atom. The highest BCUT2D eigenvalue weighted by Gasteiger charge is 2.68. The molecule has 0 aromatic carbocycles. The molecule has 3 fully saturated rings. The van der Waals surface area contributed by atoms with Crippen LogP contribution in [0, 0.1) is 5.92 Å². The molecule has 3 rings (SSSR count). The molecule has 0 amide bonds. The van der Waals surface area contributed by atoms with Crippen molar-refractivity contribution in [3.8, 4) is 0 Å². The van der Waals surface area contributed by atoms with E-state index in [2.05, 4.69) is 20.4 Å². The molecular formula is C18H28N2O3. The van der Waals surface area contributed by atoms with Crippen LogP contribution >= 0.6 is 0 Å². The summed E-state index contributed by atoms with van der Waals surface area (Å²) in [5.41, 5.74) is 12.7. The van der Waals surface area contributed by atoms with Gasteiger partial charge in [0.25, 0.3) is 0 Å². The van der Waals surface area contributed by atoms with Crippen molar-refractivity contribution in [2.24, 2.45) is 17.4 Å². The Morgan fingerprint density at radius 2 is 1.52 bits per heavy atom. The SMILES string of the molecule is C=C/C(N)=C\C=C(/N)C1C[C@@]2(C)O[C@@](C)(C1)[C@@H]1OC(C)(C)O[C@@H]12. The summed E-state index contributed by atoms with van der Waals surface area (Å²) < 4.78 is 18.7. The van der Waals surface area contributed by atoms with E-state index in [-0.39, 0.29) is 29.3 Å². The highest BCUT2D eigenvalue weighted by molar-refractivity contribution is 5.25. The van der Waals surface area contributed by atoms with Crippen LogP contribution in [0.15, 0.2) is 36.2 Å². The first kappa shape index (κ1) is 16.6. The van der Waals surface area contributed by atoms with E-state index in [1.807, 2.05) is 19.9 Å². The van der Waals surface area contributed by atoms with Crippen LogP contribution in [0.4, 0.5) is 0 Å². The topological polar surface area (TPSA) is 79.7 Å². The van der Waals surface area contributed by atoms with Crippen LogP contribution in [0.1, 0.15) is 40.5 Å². The van der Waals surface area contributed by atoms with Gasteiger partial charge in [-0.1, -0.05) is 6.58 Å². The summed E-state index contributed by atoms with van der Waals surface area (Å²) in [5, 5.41) is 0. The van der Waals surface area contributed by atoms with E-state index in [0.717, 1.165) is 18.5 Å². The average Bonchev–Trinajstić information content (AvgIpc) is 2.86. The lowest BCUT2D eigenvalue weighted by Crippen LogP contribution is -2.48. The fraction of sp³-hybridized carbons (Fsp3) is 0.667. The molecule has 5 heteroatoms. The Kier molecular flexibility index (Phi) is 3.67. The van der Waals surface area contributed by atoms with Crippen molar-refractivity contribution >= 4 is 0 Å². The Bertz CT molecular complexity index is 555. The molecule has 0 radical (unpaired) electrons. The Hall–Kier alpha value is -1.30. The first-order valence-electron chi connectivity index (χ1n) is 8.20. The minimum absolute atomic E-state index is 0.0610. The fourth-order valence-corrected chi connectivity index (χ4v) is 4.30. The summed E-state index contributed by atoms with van der Waals surface area (Å²) in [6.07, 6.45) is 6.78. The first-order chi connectivity index (χ1) is 10.6. The van der Waals surface area contributed by atoms with Crippen LogP contribution in [0.5, 0.6) is 0 Å². The zero-order valence-corrected chi connectivity index (χ0v) is 14.5. The maximum Gasteiger partial charge on any atom is 0.164 e. The van der Waals surface area contributed by atoms with E-state index in [9.17, 15) is 0 Å². The molecule has 4 N–H and O–H groups in total. The number of hydrogen-bond donors (Lipinski definition) is 2. The largest absolute Gasteiger partial charge is 0.402 e. The van der Waals surface area contributed by atoms with Crippen molar-refractivity contribution in [1.29, 1.82) is 0 Å². The van der Waals surface area contributed by atoms with Gasteiger partial charge in [-0.15, -0.1) is 0 Å². The van der Waals surface area contributed by atoms with Crippen LogP contribution in [-0.4, -0.2) is 29.2 Å². The van der Waals surface area contributed by atoms with Gasteiger partial charge >= 0.3 is 0 Å². The average molecular weight is 320 g/mol. The second-order valence-corrected chi connectivity index (χ2v) is 7.85. The maximum absolute atomic E-state index is 6.37. The van der Waals surface area contributed by atoms with Crippen LogP contribution in [-0.2, 0) is 14.2 Å². The van der Waals surface area contributed by atoms with Gasteiger partial charge in [-0.3, -0.25) is 0 Å². The Labute approximate surface area is 138 Å². The minimum atomic E-state index is -0.559. The highest BCUT2D eigenvalue weighted by Crippen LogP contribution is 2.57. The molecule has 128 valence electrons. The molecule has 2 bridgehead atoms. The third-order valence-electron chi connectivity index (χ3n) is 5.25. The van der Waals surface area contributed by atoms with Crippen molar-refractivity contribution in [3.05, 3.63) is 36.2 Å². The number of allylic oxidation sites excluding steroid dienone is 4. The number of nitrogens with two attached hydrogens (primary N) is 2. The monoisotopic (exact) mass is 320 g/mol. The van der Waals surface area contributed by atoms with Crippen molar-refractivity contribution < 1.29 is 14.2 Å². The van der Waals surface area contributed by atoms with Crippen molar-refractivity contribution in [2.75, 3.05) is 0 Å². The van der Waals surface area contributed by atoms with Crippen LogP contribution < -0.4 is 11.5 Å². The van der Waals surface area contributed by atoms with Crippen molar-refractivity contribution in [3.63, 3.8) is 0 Å². The minimum Gasteiger partial charge on any atom is -0.402 e. The lowest BCUT2D eigenvalue weighted by atomic mass is 9.82. The maximum atomic E-state index is 6.37. The van der Waals surface area contributed by atoms with Gasteiger partial charge in [0.1, 0.15) is 12.2 Å². The zero-order chi connectivity index (χ0) is 17.0. The van der Waals surface area contributed by atoms with Gasteiger partial charge in [-0.2, -0.15) is 0 Å².